The van der Waals surface area contributed by atoms with Crippen LogP contribution in [0.4, 0.5) is 5.69 Å². The molecule has 2 aromatic heterocycles. The van der Waals surface area contributed by atoms with Crippen LogP contribution in [0.15, 0.2) is 46.0 Å². The van der Waals surface area contributed by atoms with Gasteiger partial charge in [0.2, 0.25) is 11.7 Å². The van der Waals surface area contributed by atoms with E-state index in [2.05, 4.69) is 15.7 Å². The molecule has 2 N–H and O–H groups in total. The van der Waals surface area contributed by atoms with E-state index in [4.69, 9.17) is 0 Å². The Morgan fingerprint density at radius 3 is 2.32 bits per heavy atom. The van der Waals surface area contributed by atoms with Crippen molar-refractivity contribution >= 4 is 34.2 Å². The van der Waals surface area contributed by atoms with Crippen LogP contribution < -0.4 is 21.9 Å². The van der Waals surface area contributed by atoms with Crippen molar-refractivity contribution in [2.75, 3.05) is 5.32 Å². The number of amides is 2. The maximum atomic E-state index is 13.6. The molecule has 1 atom stereocenters. The molecule has 2 amide bonds. The summed E-state index contributed by atoms with van der Waals surface area (Å²) >= 11 is 0. The summed E-state index contributed by atoms with van der Waals surface area (Å²) in [6.07, 6.45) is 0.764. The van der Waals surface area contributed by atoms with Crippen molar-refractivity contribution in [2.24, 2.45) is 5.92 Å². The van der Waals surface area contributed by atoms with Gasteiger partial charge in [-0.25, -0.2) is 13.9 Å². The summed E-state index contributed by atoms with van der Waals surface area (Å²) in [6.45, 7) is 11.7. The molecule has 10 heteroatoms. The first-order valence-corrected chi connectivity index (χ1v) is 12.8. The second-order valence-corrected chi connectivity index (χ2v) is 10.3. The average Bonchev–Trinajstić information content (AvgIpc) is 3.15. The van der Waals surface area contributed by atoms with E-state index in [1.165, 1.54) is 15.0 Å². The molecule has 0 fully saturated rings. The summed E-state index contributed by atoms with van der Waals surface area (Å²) in [4.78, 5) is 52.7. The van der Waals surface area contributed by atoms with E-state index in [9.17, 15) is 19.2 Å². The molecule has 38 heavy (non-hydrogen) atoms. The highest BCUT2D eigenvalue weighted by Crippen LogP contribution is 2.16. The zero-order valence-electron chi connectivity index (χ0n) is 22.7. The molecule has 0 saturated carbocycles. The Labute approximate surface area is 220 Å². The zero-order valence-corrected chi connectivity index (χ0v) is 22.7. The smallest absolute Gasteiger partial charge is 0.350 e. The summed E-state index contributed by atoms with van der Waals surface area (Å²) in [5.41, 5.74) is 2.35. The SMILES string of the molecule is CCC(C)NC(=O)c1ccc2c(=O)n(CC(C)C)c3nn(CC(=O)Nc4cc(C)cc(C)c4)c(=O)n3c2c1. The Balaban J connectivity index is 1.83. The number of hydrogen-bond acceptors (Lipinski definition) is 5. The second kappa shape index (κ2) is 10.6. The van der Waals surface area contributed by atoms with E-state index in [1.54, 1.807) is 12.1 Å². The van der Waals surface area contributed by atoms with Crippen LogP contribution in [0.25, 0.3) is 16.7 Å². The molecule has 10 nitrogen and oxygen atoms in total. The van der Waals surface area contributed by atoms with Crippen LogP contribution in [0.3, 0.4) is 0 Å². The summed E-state index contributed by atoms with van der Waals surface area (Å²) in [6, 6.07) is 10.3. The molecular weight excluding hydrogens is 484 g/mol. The maximum absolute atomic E-state index is 13.6. The van der Waals surface area contributed by atoms with E-state index in [1.807, 2.05) is 59.7 Å². The lowest BCUT2D eigenvalue weighted by atomic mass is 10.1. The van der Waals surface area contributed by atoms with Crippen LogP contribution in [-0.2, 0) is 17.9 Å². The lowest BCUT2D eigenvalue weighted by molar-refractivity contribution is -0.117. The minimum atomic E-state index is -0.572. The second-order valence-electron chi connectivity index (χ2n) is 10.3. The lowest BCUT2D eigenvalue weighted by Gasteiger charge is -2.14. The molecule has 0 aliphatic rings. The first-order valence-electron chi connectivity index (χ1n) is 12.8. The lowest BCUT2D eigenvalue weighted by Crippen LogP contribution is -2.32. The monoisotopic (exact) mass is 518 g/mol. The summed E-state index contributed by atoms with van der Waals surface area (Å²) in [5.74, 6) is -0.493. The molecule has 0 radical (unpaired) electrons. The van der Waals surface area contributed by atoms with Crippen molar-refractivity contribution in [2.45, 2.75) is 67.1 Å². The number of nitrogens with zero attached hydrogens (tertiary/aromatic N) is 4. The van der Waals surface area contributed by atoms with E-state index in [-0.39, 0.29) is 41.3 Å². The van der Waals surface area contributed by atoms with Gasteiger partial charge in [0, 0.05) is 23.8 Å². The van der Waals surface area contributed by atoms with Gasteiger partial charge in [0.25, 0.3) is 11.5 Å². The van der Waals surface area contributed by atoms with Crippen LogP contribution in [0, 0.1) is 19.8 Å². The van der Waals surface area contributed by atoms with Crippen LogP contribution >= 0.6 is 0 Å². The van der Waals surface area contributed by atoms with Gasteiger partial charge in [0.1, 0.15) is 6.54 Å². The molecular formula is C28H34N6O4. The molecule has 0 aliphatic heterocycles. The van der Waals surface area contributed by atoms with Crippen molar-refractivity contribution in [3.8, 4) is 0 Å². The molecule has 1 unspecified atom stereocenters. The van der Waals surface area contributed by atoms with E-state index in [0.29, 0.717) is 23.2 Å². The Kier molecular flexibility index (Phi) is 7.52. The number of nitrogens with one attached hydrogen (secondary N) is 2. The number of aromatic nitrogens is 4. The molecule has 4 aromatic rings. The Bertz CT molecular complexity index is 1640. The van der Waals surface area contributed by atoms with Crippen molar-refractivity contribution < 1.29 is 9.59 Å². The van der Waals surface area contributed by atoms with E-state index < -0.39 is 11.6 Å². The van der Waals surface area contributed by atoms with Crippen molar-refractivity contribution in [1.29, 1.82) is 0 Å². The predicted molar refractivity (Wildman–Crippen MR) is 148 cm³/mol. The average molecular weight is 519 g/mol. The predicted octanol–water partition coefficient (Wildman–Crippen LogP) is 3.25. The third-order valence-corrected chi connectivity index (χ3v) is 6.38. The fraction of sp³-hybridized carbons (Fsp3) is 0.393. The number of benzene rings is 2. The van der Waals surface area contributed by atoms with Gasteiger partial charge >= 0.3 is 5.69 Å². The van der Waals surface area contributed by atoms with Crippen LogP contribution in [0.5, 0.6) is 0 Å². The van der Waals surface area contributed by atoms with Gasteiger partial charge < -0.3 is 10.6 Å². The number of anilines is 1. The minimum absolute atomic E-state index is 0.0292. The van der Waals surface area contributed by atoms with E-state index in [0.717, 1.165) is 22.2 Å². The fourth-order valence-corrected chi connectivity index (χ4v) is 4.48. The summed E-state index contributed by atoms with van der Waals surface area (Å²) < 4.78 is 3.81. The molecule has 4 rings (SSSR count). The molecule has 2 aromatic carbocycles. The minimum Gasteiger partial charge on any atom is -0.350 e. The van der Waals surface area contributed by atoms with Crippen molar-refractivity contribution in [1.82, 2.24) is 24.1 Å². The van der Waals surface area contributed by atoms with Crippen LogP contribution in [0.2, 0.25) is 0 Å². The number of rotatable bonds is 8. The number of fused-ring (bicyclic) bond motifs is 3. The van der Waals surface area contributed by atoms with Gasteiger partial charge in [0.15, 0.2) is 0 Å². The number of hydrogen-bond donors (Lipinski definition) is 2. The molecule has 0 bridgehead atoms. The van der Waals surface area contributed by atoms with Crippen LogP contribution in [-0.4, -0.2) is 36.6 Å². The third kappa shape index (κ3) is 5.39. The third-order valence-electron chi connectivity index (χ3n) is 6.38. The molecule has 0 spiro atoms. The van der Waals surface area contributed by atoms with Crippen LogP contribution in [0.1, 0.15) is 55.6 Å². The fourth-order valence-electron chi connectivity index (χ4n) is 4.48. The Morgan fingerprint density at radius 2 is 1.68 bits per heavy atom. The topological polar surface area (TPSA) is 120 Å². The normalized spacial score (nSPS) is 12.3. The zero-order chi connectivity index (χ0) is 27.7. The molecule has 0 aliphatic carbocycles. The molecule has 2 heterocycles. The van der Waals surface area contributed by atoms with E-state index >= 15 is 0 Å². The van der Waals surface area contributed by atoms with Gasteiger partial charge in [-0.05, 0) is 74.6 Å². The highest BCUT2D eigenvalue weighted by molar-refractivity contribution is 5.98. The van der Waals surface area contributed by atoms with Gasteiger partial charge in [-0.2, -0.15) is 0 Å². The van der Waals surface area contributed by atoms with Gasteiger partial charge in [-0.15, -0.1) is 5.10 Å². The number of carbonyl (C=O) groups excluding carboxylic acids is 2. The highest BCUT2D eigenvalue weighted by atomic mass is 16.2. The van der Waals surface area contributed by atoms with Gasteiger partial charge in [-0.1, -0.05) is 26.8 Å². The largest absolute Gasteiger partial charge is 0.352 e. The van der Waals surface area contributed by atoms with Gasteiger partial charge in [-0.3, -0.25) is 19.0 Å². The summed E-state index contributed by atoms with van der Waals surface area (Å²) in [7, 11) is 0. The Hall–Kier alpha value is -4.21. The quantitative estimate of drug-likeness (QED) is 0.371. The summed E-state index contributed by atoms with van der Waals surface area (Å²) in [5, 5.41) is 10.4. The van der Waals surface area contributed by atoms with Crippen molar-refractivity contribution in [3.63, 3.8) is 0 Å². The highest BCUT2D eigenvalue weighted by Gasteiger charge is 2.21. The van der Waals surface area contributed by atoms with Crippen molar-refractivity contribution in [3.05, 3.63) is 73.9 Å². The maximum Gasteiger partial charge on any atom is 0.352 e. The van der Waals surface area contributed by atoms with Gasteiger partial charge in [0.05, 0.1) is 10.9 Å². The first kappa shape index (κ1) is 26.8. The number of aryl methyl sites for hydroxylation is 2. The molecule has 200 valence electrons. The number of carbonyl (C=O) groups is 2. The standard InChI is InChI=1S/C28H34N6O4/c1-7-19(6)29-25(36)20-8-9-22-23(13-20)34-27(32(26(22)37)14-16(2)3)31-33(28(34)38)15-24(35)30-21-11-17(4)10-18(5)12-21/h8-13,16,19H,7,14-15H2,1-6H3,(H,29,36)(H,30,35). The Morgan fingerprint density at radius 1 is 1.00 bits per heavy atom. The molecule has 0 saturated heterocycles. The first-order chi connectivity index (χ1) is 18.0.